The molecule has 0 aromatic rings. The molecule has 0 bridgehead atoms. The van der Waals surface area contributed by atoms with Crippen LogP contribution >= 0.6 is 0 Å². The Balaban J connectivity index is -0.0000000625. The summed E-state index contributed by atoms with van der Waals surface area (Å²) in [5, 5.41) is 35.7. The normalized spacial score (nSPS) is 6.29. The summed E-state index contributed by atoms with van der Waals surface area (Å²) in [6.07, 6.45) is 0. The van der Waals surface area contributed by atoms with Crippen molar-refractivity contribution in [1.82, 2.24) is 6.15 Å². The van der Waals surface area contributed by atoms with E-state index in [1.165, 1.54) is 0 Å². The zero-order valence-electron chi connectivity index (χ0n) is 6.58. The van der Waals surface area contributed by atoms with Crippen LogP contribution < -0.4 is 26.6 Å². The van der Waals surface area contributed by atoms with Crippen molar-refractivity contribution in [3.63, 3.8) is 0 Å². The van der Waals surface area contributed by atoms with Crippen LogP contribution in [-0.4, -0.2) is 23.9 Å². The largest absolute Gasteiger partial charge is 3.00 e. The summed E-state index contributed by atoms with van der Waals surface area (Å²) in [5.74, 6) is -8.74. The van der Waals surface area contributed by atoms with Crippen LogP contribution in [0.1, 0.15) is 0 Å². The SMILES string of the molecule is O=C([O-])C(=O)[O-].O=C([O-])C(=O)[O-].[Dy+3].[NH4+]. The van der Waals surface area contributed by atoms with E-state index in [-0.39, 0.29) is 44.3 Å². The molecule has 4 N–H and O–H groups in total. The van der Waals surface area contributed by atoms with Crippen molar-refractivity contribution in [3.05, 3.63) is 0 Å². The number of aliphatic carboxylic acids is 4. The Morgan fingerprint density at radius 3 is 0.643 bits per heavy atom. The molecule has 0 spiro atoms. The monoisotopic (exact) mass is 358 g/mol. The second kappa shape index (κ2) is 12.1. The molecule has 14 heavy (non-hydrogen) atoms. The predicted molar refractivity (Wildman–Crippen MR) is 26.0 cm³/mol. The maximum absolute atomic E-state index is 8.93. The molecule has 83 valence electrons. The molecule has 0 saturated heterocycles. The maximum Gasteiger partial charge on any atom is 3.00 e. The zero-order chi connectivity index (χ0) is 10.3. The minimum absolute atomic E-state index is 0. The first-order chi connectivity index (χ1) is 5.29. The van der Waals surface area contributed by atoms with E-state index in [0.29, 0.717) is 0 Å². The first-order valence-electron chi connectivity index (χ1n) is 2.13. The molecular weight excluding hydrogens is 353 g/mol. The summed E-state index contributed by atoms with van der Waals surface area (Å²) in [4.78, 5) is 35.7. The third kappa shape index (κ3) is 22.5. The number of carboxylic acid groups (broad SMARTS) is 4. The first-order valence-corrected chi connectivity index (χ1v) is 2.13. The third-order valence-corrected chi connectivity index (χ3v) is 0.333. The maximum atomic E-state index is 8.93. The van der Waals surface area contributed by atoms with Crippen LogP contribution in [0.2, 0.25) is 0 Å². The Morgan fingerprint density at radius 2 is 0.643 bits per heavy atom. The Kier molecular flexibility index (Phi) is 20.0. The van der Waals surface area contributed by atoms with Gasteiger partial charge >= 0.3 is 38.2 Å². The average molecular weight is 357 g/mol. The molecule has 0 aliphatic rings. The number of rotatable bonds is 0. The van der Waals surface area contributed by atoms with Gasteiger partial charge in [0.15, 0.2) is 0 Å². The van der Waals surface area contributed by atoms with Gasteiger partial charge in [0.2, 0.25) is 0 Å². The van der Waals surface area contributed by atoms with E-state index in [4.69, 9.17) is 39.6 Å². The second-order valence-corrected chi connectivity index (χ2v) is 1.15. The van der Waals surface area contributed by atoms with Crippen LogP contribution in [0.5, 0.6) is 0 Å². The fraction of sp³-hybridized carbons (Fsp3) is 0. The van der Waals surface area contributed by atoms with Crippen molar-refractivity contribution in [3.8, 4) is 0 Å². The van der Waals surface area contributed by atoms with Gasteiger partial charge in [-0.3, -0.25) is 0 Å². The van der Waals surface area contributed by atoms with Crippen molar-refractivity contribution in [1.29, 1.82) is 0 Å². The van der Waals surface area contributed by atoms with E-state index in [0.717, 1.165) is 0 Å². The average Bonchev–Trinajstić information content (AvgIpc) is 1.88. The molecule has 0 aromatic carbocycles. The molecule has 0 aromatic heterocycles. The topological polar surface area (TPSA) is 197 Å². The standard InChI is InChI=1S/2C2H2O4.Dy.H3N/c2*3-1(4)2(5)6;;/h2*(H,3,4)(H,5,6);;1H3/q;;+3;/p-3. The van der Waals surface area contributed by atoms with Gasteiger partial charge in [0.1, 0.15) is 0 Å². The van der Waals surface area contributed by atoms with Crippen molar-refractivity contribution < 1.29 is 77.8 Å². The van der Waals surface area contributed by atoms with Crippen LogP contribution in [0, 0.1) is 38.2 Å². The summed E-state index contributed by atoms with van der Waals surface area (Å²) >= 11 is 0. The summed E-state index contributed by atoms with van der Waals surface area (Å²) in [6.45, 7) is 0. The molecule has 10 heteroatoms. The van der Waals surface area contributed by atoms with Crippen molar-refractivity contribution in [2.75, 3.05) is 0 Å². The fourth-order valence-electron chi connectivity index (χ4n) is 0. The van der Waals surface area contributed by atoms with Gasteiger partial charge in [-0.15, -0.1) is 0 Å². The van der Waals surface area contributed by atoms with Gasteiger partial charge in [-0.1, -0.05) is 0 Å². The van der Waals surface area contributed by atoms with Crippen LogP contribution in [0.4, 0.5) is 0 Å². The van der Waals surface area contributed by atoms with Crippen molar-refractivity contribution in [2.24, 2.45) is 0 Å². The molecule has 1 radical (unpaired) electrons. The van der Waals surface area contributed by atoms with Crippen molar-refractivity contribution >= 4 is 23.9 Å². The van der Waals surface area contributed by atoms with Crippen LogP contribution in [0.3, 0.4) is 0 Å². The molecular formula is C4H4DyNO8. The quantitative estimate of drug-likeness (QED) is 0.413. The molecule has 0 aliphatic heterocycles. The Bertz CT molecular complexity index is 177. The molecule has 0 rings (SSSR count). The Labute approximate surface area is 107 Å². The first kappa shape index (κ1) is 23.2. The van der Waals surface area contributed by atoms with Crippen LogP contribution in [-0.2, 0) is 19.2 Å². The number of carbonyl (C=O) groups excluding carboxylic acids is 4. The summed E-state index contributed by atoms with van der Waals surface area (Å²) in [7, 11) is 0. The van der Waals surface area contributed by atoms with E-state index >= 15 is 0 Å². The van der Waals surface area contributed by atoms with Gasteiger partial charge in [0, 0.05) is 0 Å². The molecule has 0 aliphatic carbocycles. The predicted octanol–water partition coefficient (Wildman–Crippen LogP) is -6.65. The summed E-state index contributed by atoms with van der Waals surface area (Å²) in [5.41, 5.74) is 0. The number of carboxylic acids is 4. The second-order valence-electron chi connectivity index (χ2n) is 1.15. The van der Waals surface area contributed by atoms with E-state index in [1.54, 1.807) is 0 Å². The van der Waals surface area contributed by atoms with E-state index in [1.807, 2.05) is 0 Å². The van der Waals surface area contributed by atoms with E-state index in [9.17, 15) is 0 Å². The Morgan fingerprint density at radius 1 is 0.571 bits per heavy atom. The summed E-state index contributed by atoms with van der Waals surface area (Å²) < 4.78 is 0. The molecule has 0 unspecified atom stereocenters. The fourth-order valence-corrected chi connectivity index (χ4v) is 0. The minimum atomic E-state index is -2.19. The number of quaternary nitrogens is 1. The van der Waals surface area contributed by atoms with Crippen LogP contribution in [0.15, 0.2) is 0 Å². The number of hydrogen-bond acceptors (Lipinski definition) is 8. The van der Waals surface area contributed by atoms with Gasteiger partial charge in [-0.25, -0.2) is 0 Å². The van der Waals surface area contributed by atoms with Crippen molar-refractivity contribution in [2.45, 2.75) is 0 Å². The minimum Gasteiger partial charge on any atom is -0.543 e. The molecule has 9 nitrogen and oxygen atoms in total. The smallest absolute Gasteiger partial charge is 0.543 e. The number of carbonyl (C=O) groups is 4. The third-order valence-electron chi connectivity index (χ3n) is 0.333. The van der Waals surface area contributed by atoms with Gasteiger partial charge in [0.05, 0.1) is 23.9 Å². The molecule has 0 fully saturated rings. The molecule has 0 atom stereocenters. The Hall–Kier alpha value is -0.887. The van der Waals surface area contributed by atoms with Gasteiger partial charge in [-0.2, -0.15) is 0 Å². The zero-order valence-corrected chi connectivity index (χ0v) is 8.61. The van der Waals surface area contributed by atoms with Gasteiger partial charge in [-0.05, 0) is 0 Å². The molecule has 0 heterocycles. The van der Waals surface area contributed by atoms with E-state index in [2.05, 4.69) is 0 Å². The summed E-state index contributed by atoms with van der Waals surface area (Å²) in [6, 6.07) is 0. The molecule has 0 saturated carbocycles. The number of hydrogen-bond donors (Lipinski definition) is 1. The van der Waals surface area contributed by atoms with Gasteiger partial charge < -0.3 is 45.8 Å². The molecule has 0 amide bonds. The van der Waals surface area contributed by atoms with E-state index < -0.39 is 23.9 Å². The van der Waals surface area contributed by atoms with Crippen LogP contribution in [0.25, 0.3) is 0 Å². The van der Waals surface area contributed by atoms with Gasteiger partial charge in [0.25, 0.3) is 0 Å².